The van der Waals surface area contributed by atoms with E-state index >= 15 is 0 Å². The van der Waals surface area contributed by atoms with Crippen LogP contribution in [0.15, 0.2) is 12.2 Å². The molecule has 0 aromatic heterocycles. The van der Waals surface area contributed by atoms with Gasteiger partial charge < -0.3 is 25.7 Å². The number of carbonyl (C=O) groups is 1. The minimum atomic E-state index is -1.17. The highest BCUT2D eigenvalue weighted by Gasteiger charge is 2.26. The fraction of sp³-hybridized carbons (Fsp3) is 0.912. The first-order chi connectivity index (χ1) is 19.5. The standard InChI is InChI=1S/C34H67NO5/c1-3-5-7-9-10-11-12-13-14-15-16-20-24-28-33(39)35-31(29-36)34(40)32(38)27-23-19-17-18-22-26-30(37)25-21-8-6-4-2/h11-12,30-32,34,36-38,40H,3-10,13-29H2,1-2H3,(H,35,39). The zero-order valence-electron chi connectivity index (χ0n) is 26.3. The van der Waals surface area contributed by atoms with Crippen LogP contribution < -0.4 is 5.32 Å². The molecule has 0 rings (SSSR count). The van der Waals surface area contributed by atoms with Gasteiger partial charge in [0.1, 0.15) is 6.10 Å². The Morgan fingerprint density at radius 2 is 1.07 bits per heavy atom. The Kier molecular flexibility index (Phi) is 28.8. The summed E-state index contributed by atoms with van der Waals surface area (Å²) in [6.07, 6.45) is 27.4. The third-order valence-electron chi connectivity index (χ3n) is 7.94. The zero-order chi connectivity index (χ0) is 29.7. The van der Waals surface area contributed by atoms with Gasteiger partial charge in [-0.05, 0) is 51.4 Å². The van der Waals surface area contributed by atoms with Gasteiger partial charge in [-0.3, -0.25) is 4.79 Å². The highest BCUT2D eigenvalue weighted by atomic mass is 16.3. The second-order valence-corrected chi connectivity index (χ2v) is 11.9. The molecule has 5 N–H and O–H groups in total. The monoisotopic (exact) mass is 570 g/mol. The summed E-state index contributed by atoms with van der Waals surface area (Å²) < 4.78 is 0. The quantitative estimate of drug-likeness (QED) is 0.0454. The molecule has 0 fully saturated rings. The van der Waals surface area contributed by atoms with Crippen LogP contribution in [0, 0.1) is 0 Å². The number of nitrogens with one attached hydrogen (secondary N) is 1. The summed E-state index contributed by atoms with van der Waals surface area (Å²) in [6, 6.07) is -0.838. The van der Waals surface area contributed by atoms with Crippen LogP contribution in [0.3, 0.4) is 0 Å². The van der Waals surface area contributed by atoms with Crippen molar-refractivity contribution in [1.29, 1.82) is 0 Å². The molecule has 0 saturated heterocycles. The molecule has 238 valence electrons. The normalized spacial score (nSPS) is 14.8. The maximum absolute atomic E-state index is 12.3. The van der Waals surface area contributed by atoms with Crippen molar-refractivity contribution in [1.82, 2.24) is 5.32 Å². The molecule has 4 atom stereocenters. The molecule has 0 aromatic carbocycles. The average molecular weight is 570 g/mol. The van der Waals surface area contributed by atoms with Crippen LogP contribution in [-0.4, -0.2) is 57.3 Å². The van der Waals surface area contributed by atoms with Gasteiger partial charge in [-0.1, -0.05) is 122 Å². The smallest absolute Gasteiger partial charge is 0.220 e. The minimum Gasteiger partial charge on any atom is -0.394 e. The predicted octanol–water partition coefficient (Wildman–Crippen LogP) is 7.50. The molecule has 0 radical (unpaired) electrons. The van der Waals surface area contributed by atoms with Gasteiger partial charge in [0.25, 0.3) is 0 Å². The molecular weight excluding hydrogens is 502 g/mol. The first-order valence-electron chi connectivity index (χ1n) is 17.1. The van der Waals surface area contributed by atoms with Crippen LogP contribution in [0.25, 0.3) is 0 Å². The minimum absolute atomic E-state index is 0.177. The van der Waals surface area contributed by atoms with Crippen molar-refractivity contribution in [2.24, 2.45) is 0 Å². The lowest BCUT2D eigenvalue weighted by Crippen LogP contribution is -2.50. The molecule has 40 heavy (non-hydrogen) atoms. The van der Waals surface area contributed by atoms with Crippen LogP contribution in [0.1, 0.15) is 168 Å². The largest absolute Gasteiger partial charge is 0.394 e. The molecule has 0 aromatic rings. The SMILES string of the molecule is CCCCCCC=CCCCCCCCC(=O)NC(CO)C(O)C(O)CCCCCCCC(O)CCCCCC. The van der Waals surface area contributed by atoms with Crippen LogP contribution in [-0.2, 0) is 4.79 Å². The first kappa shape index (κ1) is 39.0. The zero-order valence-corrected chi connectivity index (χ0v) is 26.3. The molecule has 0 spiro atoms. The number of allylic oxidation sites excluding steroid dienone is 2. The van der Waals surface area contributed by atoms with Crippen LogP contribution >= 0.6 is 0 Å². The van der Waals surface area contributed by atoms with Crippen molar-refractivity contribution in [3.63, 3.8) is 0 Å². The number of carbonyl (C=O) groups excluding carboxylic acids is 1. The Morgan fingerprint density at radius 3 is 1.62 bits per heavy atom. The van der Waals surface area contributed by atoms with Crippen molar-refractivity contribution in [3.05, 3.63) is 12.2 Å². The Morgan fingerprint density at radius 1 is 0.625 bits per heavy atom. The lowest BCUT2D eigenvalue weighted by Gasteiger charge is -2.26. The van der Waals surface area contributed by atoms with E-state index in [1.807, 2.05) is 0 Å². The lowest BCUT2D eigenvalue weighted by molar-refractivity contribution is -0.124. The van der Waals surface area contributed by atoms with Gasteiger partial charge in [0, 0.05) is 6.42 Å². The van der Waals surface area contributed by atoms with Crippen LogP contribution in [0.2, 0.25) is 0 Å². The fourth-order valence-electron chi connectivity index (χ4n) is 5.17. The summed E-state index contributed by atoms with van der Waals surface area (Å²) >= 11 is 0. The summed E-state index contributed by atoms with van der Waals surface area (Å²) in [6.45, 7) is 4.04. The third kappa shape index (κ3) is 24.8. The topological polar surface area (TPSA) is 110 Å². The Balaban J connectivity index is 3.80. The van der Waals surface area contributed by atoms with Crippen LogP contribution in [0.4, 0.5) is 0 Å². The van der Waals surface area contributed by atoms with Crippen molar-refractivity contribution >= 4 is 5.91 Å². The molecular formula is C34H67NO5. The number of aliphatic hydroxyl groups is 4. The van der Waals surface area contributed by atoms with Crippen molar-refractivity contribution < 1.29 is 25.2 Å². The van der Waals surface area contributed by atoms with Crippen molar-refractivity contribution in [3.8, 4) is 0 Å². The van der Waals surface area contributed by atoms with E-state index in [1.54, 1.807) is 0 Å². The molecule has 0 aliphatic carbocycles. The maximum Gasteiger partial charge on any atom is 0.220 e. The summed E-state index contributed by atoms with van der Waals surface area (Å²) in [4.78, 5) is 12.3. The van der Waals surface area contributed by atoms with E-state index in [0.717, 1.165) is 77.0 Å². The maximum atomic E-state index is 12.3. The lowest BCUT2D eigenvalue weighted by atomic mass is 9.99. The van der Waals surface area contributed by atoms with Gasteiger partial charge in [-0.2, -0.15) is 0 Å². The van der Waals surface area contributed by atoms with Crippen molar-refractivity contribution in [2.75, 3.05) is 6.61 Å². The van der Waals surface area contributed by atoms with Gasteiger partial charge in [0.2, 0.25) is 5.91 Å². The van der Waals surface area contributed by atoms with Crippen LogP contribution in [0.5, 0.6) is 0 Å². The van der Waals surface area contributed by atoms with Gasteiger partial charge in [-0.25, -0.2) is 0 Å². The van der Waals surface area contributed by atoms with E-state index in [1.165, 1.54) is 64.2 Å². The van der Waals surface area contributed by atoms with Crippen molar-refractivity contribution in [2.45, 2.75) is 192 Å². The highest BCUT2D eigenvalue weighted by molar-refractivity contribution is 5.76. The first-order valence-corrected chi connectivity index (χ1v) is 17.1. The van der Waals surface area contributed by atoms with E-state index in [2.05, 4.69) is 31.3 Å². The molecule has 4 unspecified atom stereocenters. The number of unbranched alkanes of at least 4 members (excludes halogenated alkanes) is 16. The van der Waals surface area contributed by atoms with Gasteiger partial charge >= 0.3 is 0 Å². The van der Waals surface area contributed by atoms with Gasteiger partial charge in [0.05, 0.1) is 24.9 Å². The molecule has 6 heteroatoms. The van der Waals surface area contributed by atoms with E-state index < -0.39 is 24.9 Å². The Labute approximate surface area is 247 Å². The van der Waals surface area contributed by atoms with Gasteiger partial charge in [-0.15, -0.1) is 0 Å². The van der Waals surface area contributed by atoms with E-state index in [4.69, 9.17) is 0 Å². The predicted molar refractivity (Wildman–Crippen MR) is 168 cm³/mol. The summed E-state index contributed by atoms with van der Waals surface area (Å²) in [5, 5.41) is 43.3. The molecule has 1 amide bonds. The number of hydrogen-bond acceptors (Lipinski definition) is 5. The summed E-state index contributed by atoms with van der Waals surface area (Å²) in [5.41, 5.74) is 0. The second-order valence-electron chi connectivity index (χ2n) is 11.9. The number of hydrogen-bond donors (Lipinski definition) is 5. The fourth-order valence-corrected chi connectivity index (χ4v) is 5.17. The Hall–Kier alpha value is -0.950. The summed E-state index contributed by atoms with van der Waals surface area (Å²) in [5.74, 6) is -0.177. The number of rotatable bonds is 30. The van der Waals surface area contributed by atoms with E-state index in [9.17, 15) is 25.2 Å². The molecule has 0 bridgehead atoms. The highest BCUT2D eigenvalue weighted by Crippen LogP contribution is 2.15. The van der Waals surface area contributed by atoms with Gasteiger partial charge in [0.15, 0.2) is 0 Å². The third-order valence-corrected chi connectivity index (χ3v) is 7.94. The molecule has 0 heterocycles. The molecule has 0 saturated carbocycles. The molecule has 6 nitrogen and oxygen atoms in total. The number of aliphatic hydroxyl groups excluding tert-OH is 4. The molecule has 0 aliphatic rings. The average Bonchev–Trinajstić information content (AvgIpc) is 2.95. The number of amides is 1. The van der Waals surface area contributed by atoms with E-state index in [-0.39, 0.29) is 12.0 Å². The second kappa shape index (κ2) is 29.5. The Bertz CT molecular complexity index is 571. The summed E-state index contributed by atoms with van der Waals surface area (Å²) in [7, 11) is 0. The molecule has 0 aliphatic heterocycles. The van der Waals surface area contributed by atoms with E-state index in [0.29, 0.717) is 12.8 Å².